The Morgan fingerprint density at radius 1 is 1.06 bits per heavy atom. The zero-order valence-electron chi connectivity index (χ0n) is 18.3. The van der Waals surface area contributed by atoms with Gasteiger partial charge in [0.25, 0.3) is 11.1 Å². The van der Waals surface area contributed by atoms with Crippen LogP contribution in [0.15, 0.2) is 88.6 Å². The Labute approximate surface area is 200 Å². The van der Waals surface area contributed by atoms with Crippen molar-refractivity contribution in [3.63, 3.8) is 0 Å². The number of fused-ring (bicyclic) bond motifs is 1. The fourth-order valence-electron chi connectivity index (χ4n) is 3.36. The second-order valence-corrected chi connectivity index (χ2v) is 8.45. The molecule has 170 valence electrons. The Morgan fingerprint density at radius 3 is 2.62 bits per heavy atom. The van der Waals surface area contributed by atoms with E-state index in [0.717, 1.165) is 28.1 Å². The van der Waals surface area contributed by atoms with Gasteiger partial charge in [0, 0.05) is 23.2 Å². The van der Waals surface area contributed by atoms with Crippen LogP contribution in [-0.4, -0.2) is 33.0 Å². The first kappa shape index (κ1) is 21.7. The molecule has 34 heavy (non-hydrogen) atoms. The van der Waals surface area contributed by atoms with Crippen molar-refractivity contribution in [1.29, 1.82) is 0 Å². The minimum atomic E-state index is -0.170. The summed E-state index contributed by atoms with van der Waals surface area (Å²) >= 11 is 1.48. The Bertz CT molecular complexity index is 1380. The number of amides is 1. The first-order valence-electron chi connectivity index (χ1n) is 10.6. The van der Waals surface area contributed by atoms with Crippen LogP contribution < -0.4 is 10.1 Å². The van der Waals surface area contributed by atoms with Gasteiger partial charge in [0.1, 0.15) is 11.3 Å². The van der Waals surface area contributed by atoms with E-state index in [1.165, 1.54) is 11.8 Å². The van der Waals surface area contributed by atoms with E-state index < -0.39 is 0 Å². The van der Waals surface area contributed by atoms with E-state index >= 15 is 0 Å². The lowest BCUT2D eigenvalue weighted by Crippen LogP contribution is -2.12. The minimum Gasteiger partial charge on any atom is -0.497 e. The summed E-state index contributed by atoms with van der Waals surface area (Å²) in [6, 6.07) is 22.3. The molecule has 2 aromatic heterocycles. The van der Waals surface area contributed by atoms with Crippen molar-refractivity contribution < 1.29 is 13.9 Å². The lowest BCUT2D eigenvalue weighted by molar-refractivity contribution is 0.102. The maximum Gasteiger partial charge on any atom is 0.257 e. The highest BCUT2D eigenvalue weighted by atomic mass is 32.2. The van der Waals surface area contributed by atoms with E-state index in [4.69, 9.17) is 9.15 Å². The number of hydrogen-bond acceptors (Lipinski definition) is 7. The first-order chi connectivity index (χ1) is 16.7. The summed E-state index contributed by atoms with van der Waals surface area (Å²) < 4.78 is 12.6. The molecular weight excluding hydrogens is 450 g/mol. The van der Waals surface area contributed by atoms with Crippen LogP contribution >= 0.6 is 11.8 Å². The van der Waals surface area contributed by atoms with E-state index in [1.807, 2.05) is 42.6 Å². The van der Waals surface area contributed by atoms with Crippen molar-refractivity contribution in [2.24, 2.45) is 0 Å². The van der Waals surface area contributed by atoms with E-state index in [9.17, 15) is 4.79 Å². The van der Waals surface area contributed by atoms with Crippen LogP contribution in [0.5, 0.6) is 5.75 Å². The molecule has 0 unspecified atom stereocenters. The third-order valence-corrected chi connectivity index (χ3v) is 5.97. The number of ether oxygens (including phenoxy) is 1. The van der Waals surface area contributed by atoms with E-state index in [1.54, 1.807) is 48.2 Å². The number of hydrogen-bond donors (Lipinski definition) is 1. The summed E-state index contributed by atoms with van der Waals surface area (Å²) in [7, 11) is 1.61. The molecule has 0 spiro atoms. The number of carbonyl (C=O) groups is 1. The van der Waals surface area contributed by atoms with Crippen molar-refractivity contribution in [1.82, 2.24) is 20.0 Å². The summed E-state index contributed by atoms with van der Waals surface area (Å²) in [4.78, 5) is 17.0. The largest absolute Gasteiger partial charge is 0.497 e. The van der Waals surface area contributed by atoms with Gasteiger partial charge in [-0.2, -0.15) is 0 Å². The molecule has 1 amide bonds. The number of para-hydroxylation sites is 2. The Hall–Kier alpha value is -4.11. The van der Waals surface area contributed by atoms with Crippen molar-refractivity contribution in [2.75, 3.05) is 12.4 Å². The van der Waals surface area contributed by atoms with E-state index in [0.29, 0.717) is 28.8 Å². The smallest absolute Gasteiger partial charge is 0.257 e. The molecule has 1 N–H and O–H groups in total. The molecule has 0 aliphatic heterocycles. The molecule has 0 atom stereocenters. The summed E-state index contributed by atoms with van der Waals surface area (Å²) in [5, 5.41) is 11.9. The van der Waals surface area contributed by atoms with Crippen LogP contribution in [0.25, 0.3) is 11.1 Å². The molecule has 5 aromatic rings. The molecule has 3 aromatic carbocycles. The molecule has 0 fully saturated rings. The Kier molecular flexibility index (Phi) is 6.26. The summed E-state index contributed by atoms with van der Waals surface area (Å²) in [5.74, 6) is 1.18. The molecule has 0 saturated heterocycles. The molecule has 0 saturated carbocycles. The van der Waals surface area contributed by atoms with Crippen molar-refractivity contribution in [3.8, 4) is 5.75 Å². The number of thioether (sulfide) groups is 1. The lowest BCUT2D eigenvalue weighted by atomic mass is 10.1. The van der Waals surface area contributed by atoms with Gasteiger partial charge in [-0.15, -0.1) is 5.10 Å². The maximum absolute atomic E-state index is 12.5. The van der Waals surface area contributed by atoms with Crippen LogP contribution in [0.1, 0.15) is 21.6 Å². The molecule has 0 radical (unpaired) electrons. The molecule has 0 bridgehead atoms. The number of aromatic nitrogens is 4. The van der Waals surface area contributed by atoms with Crippen LogP contribution in [0.2, 0.25) is 0 Å². The van der Waals surface area contributed by atoms with Gasteiger partial charge in [-0.1, -0.05) is 41.2 Å². The van der Waals surface area contributed by atoms with Crippen molar-refractivity contribution >= 4 is 34.5 Å². The topological polar surface area (TPSA) is 95.1 Å². The second kappa shape index (κ2) is 9.80. The standard InChI is InChI=1S/C25H21N5O3S/c1-32-21-12-10-19(11-13-21)26-24(31)18-8-6-17(7-9-18)14-30-15-20(28-29-30)16-34-25-27-22-4-2-3-5-23(22)33-25/h2-13,15H,14,16H2,1H3,(H,26,31). The zero-order valence-corrected chi connectivity index (χ0v) is 19.2. The SMILES string of the molecule is COc1ccc(NC(=O)c2ccc(Cn3cc(CSc4nc5ccccc5o4)nn3)cc2)cc1. The van der Waals surface area contributed by atoms with Crippen LogP contribution in [0.4, 0.5) is 5.69 Å². The Morgan fingerprint density at radius 2 is 1.85 bits per heavy atom. The van der Waals surface area contributed by atoms with E-state index in [-0.39, 0.29) is 5.91 Å². The zero-order chi connectivity index (χ0) is 23.3. The average molecular weight is 472 g/mol. The van der Waals surface area contributed by atoms with Gasteiger partial charge in [0.15, 0.2) is 5.58 Å². The van der Waals surface area contributed by atoms with Gasteiger partial charge in [-0.05, 0) is 54.1 Å². The molecule has 2 heterocycles. The molecule has 0 aliphatic rings. The van der Waals surface area contributed by atoms with E-state index in [2.05, 4.69) is 20.6 Å². The quantitative estimate of drug-likeness (QED) is 0.318. The highest BCUT2D eigenvalue weighted by Gasteiger charge is 2.10. The Balaban J connectivity index is 1.16. The average Bonchev–Trinajstić information content (AvgIpc) is 3.50. The van der Waals surface area contributed by atoms with Crippen LogP contribution in [0, 0.1) is 0 Å². The van der Waals surface area contributed by atoms with Gasteiger partial charge < -0.3 is 14.5 Å². The molecular formula is C25H21N5O3S. The van der Waals surface area contributed by atoms with Gasteiger partial charge in [0.05, 0.1) is 19.3 Å². The fourth-order valence-corrected chi connectivity index (χ4v) is 4.07. The van der Waals surface area contributed by atoms with Gasteiger partial charge in [-0.25, -0.2) is 9.67 Å². The lowest BCUT2D eigenvalue weighted by Gasteiger charge is -2.07. The number of nitrogens with one attached hydrogen (secondary N) is 1. The number of nitrogens with zero attached hydrogens (tertiary/aromatic N) is 4. The van der Waals surface area contributed by atoms with Gasteiger partial charge >= 0.3 is 0 Å². The number of rotatable bonds is 8. The second-order valence-electron chi connectivity index (χ2n) is 7.52. The number of methoxy groups -OCH3 is 1. The molecule has 0 aliphatic carbocycles. The van der Waals surface area contributed by atoms with Crippen molar-refractivity contribution in [3.05, 3.63) is 95.8 Å². The predicted octanol–water partition coefficient (Wildman–Crippen LogP) is 5.02. The number of anilines is 1. The highest BCUT2D eigenvalue weighted by Crippen LogP contribution is 2.25. The first-order valence-corrected chi connectivity index (χ1v) is 11.6. The van der Waals surface area contributed by atoms with Crippen LogP contribution in [-0.2, 0) is 12.3 Å². The normalized spacial score (nSPS) is 11.0. The van der Waals surface area contributed by atoms with Gasteiger partial charge in [-0.3, -0.25) is 4.79 Å². The van der Waals surface area contributed by atoms with Crippen molar-refractivity contribution in [2.45, 2.75) is 17.5 Å². The number of oxazole rings is 1. The summed E-state index contributed by atoms with van der Waals surface area (Å²) in [5.41, 5.74) is 4.76. The van der Waals surface area contributed by atoms with Gasteiger partial charge in [0.2, 0.25) is 0 Å². The molecule has 5 rings (SSSR count). The fraction of sp³-hybridized carbons (Fsp3) is 0.120. The highest BCUT2D eigenvalue weighted by molar-refractivity contribution is 7.98. The third kappa shape index (κ3) is 5.10. The van der Waals surface area contributed by atoms with Crippen LogP contribution in [0.3, 0.4) is 0 Å². The number of carbonyl (C=O) groups excluding carboxylic acids is 1. The summed E-state index contributed by atoms with van der Waals surface area (Å²) in [6.45, 7) is 0.556. The number of benzene rings is 3. The maximum atomic E-state index is 12.5. The predicted molar refractivity (Wildman–Crippen MR) is 130 cm³/mol. The molecule has 8 nitrogen and oxygen atoms in total. The minimum absolute atomic E-state index is 0.170. The monoisotopic (exact) mass is 471 g/mol. The third-order valence-electron chi connectivity index (χ3n) is 5.11. The molecule has 9 heteroatoms. The summed E-state index contributed by atoms with van der Waals surface area (Å²) in [6.07, 6.45) is 1.90.